The van der Waals surface area contributed by atoms with E-state index in [1.807, 2.05) is 48.7 Å². The lowest BCUT2D eigenvalue weighted by Gasteiger charge is -2.01. The van der Waals surface area contributed by atoms with E-state index in [0.717, 1.165) is 16.2 Å². The molecule has 0 spiro atoms. The Labute approximate surface area is 157 Å². The van der Waals surface area contributed by atoms with Crippen LogP contribution in [0, 0.1) is 0 Å². The molecule has 0 saturated heterocycles. The molecular formula is C17H15N5O2S2. The first-order chi connectivity index (χ1) is 12.7. The Morgan fingerprint density at radius 2 is 2.04 bits per heavy atom. The Kier molecular flexibility index (Phi) is 4.72. The molecular weight excluding hydrogens is 370 g/mol. The molecule has 4 aromatic rings. The third kappa shape index (κ3) is 3.49. The van der Waals surface area contributed by atoms with Gasteiger partial charge in [-0.05, 0) is 42.6 Å². The zero-order valence-electron chi connectivity index (χ0n) is 14.0. The largest absolute Gasteiger partial charge is 0.497 e. The summed E-state index contributed by atoms with van der Waals surface area (Å²) in [5.41, 5.74) is 0.940. The molecule has 4 rings (SSSR count). The van der Waals surface area contributed by atoms with Gasteiger partial charge in [-0.2, -0.15) is 4.98 Å². The van der Waals surface area contributed by atoms with Gasteiger partial charge in [-0.15, -0.1) is 16.4 Å². The zero-order valence-corrected chi connectivity index (χ0v) is 15.7. The van der Waals surface area contributed by atoms with Crippen LogP contribution < -0.4 is 4.74 Å². The molecule has 0 fully saturated rings. The number of aromatic amines is 1. The molecule has 9 heteroatoms. The smallest absolute Gasteiger partial charge is 0.240 e. The number of H-pyrrole nitrogens is 1. The Hall–Kier alpha value is -2.65. The molecule has 1 atom stereocenters. The minimum atomic E-state index is -0.0595. The summed E-state index contributed by atoms with van der Waals surface area (Å²) in [5.74, 6) is 2.66. The maximum absolute atomic E-state index is 5.38. The van der Waals surface area contributed by atoms with Crippen LogP contribution in [0.4, 0.5) is 0 Å². The standard InChI is InChI=1S/C17H15N5O2S2/c1-10(16-18-15(22-24-16)13-4-3-9-25-13)26-17-19-14(20-21-17)11-5-7-12(23-2)8-6-11/h3-10H,1-2H3,(H,19,20,21). The van der Waals surface area contributed by atoms with Gasteiger partial charge in [0.15, 0.2) is 5.82 Å². The van der Waals surface area contributed by atoms with Crippen molar-refractivity contribution in [2.75, 3.05) is 7.11 Å². The number of thiophene rings is 1. The molecule has 132 valence electrons. The summed E-state index contributed by atoms with van der Waals surface area (Å²) >= 11 is 3.04. The van der Waals surface area contributed by atoms with Crippen molar-refractivity contribution in [3.05, 3.63) is 47.7 Å². The predicted molar refractivity (Wildman–Crippen MR) is 100 cm³/mol. The summed E-state index contributed by atoms with van der Waals surface area (Å²) in [4.78, 5) is 9.97. The minimum absolute atomic E-state index is 0.0595. The second kappa shape index (κ2) is 7.30. The number of aromatic nitrogens is 5. The van der Waals surface area contributed by atoms with Gasteiger partial charge in [0.2, 0.25) is 16.9 Å². The molecule has 3 heterocycles. The van der Waals surface area contributed by atoms with Crippen molar-refractivity contribution in [2.45, 2.75) is 17.3 Å². The van der Waals surface area contributed by atoms with Gasteiger partial charge in [-0.1, -0.05) is 23.0 Å². The van der Waals surface area contributed by atoms with E-state index in [1.54, 1.807) is 18.4 Å². The van der Waals surface area contributed by atoms with E-state index in [2.05, 4.69) is 25.3 Å². The van der Waals surface area contributed by atoms with Gasteiger partial charge in [0.1, 0.15) is 5.75 Å². The molecule has 1 unspecified atom stereocenters. The number of thioether (sulfide) groups is 1. The highest BCUT2D eigenvalue weighted by atomic mass is 32.2. The Morgan fingerprint density at radius 3 is 2.77 bits per heavy atom. The van der Waals surface area contributed by atoms with Crippen LogP contribution in [-0.2, 0) is 0 Å². The predicted octanol–water partition coefficient (Wildman–Crippen LogP) is 4.45. The van der Waals surface area contributed by atoms with Gasteiger partial charge in [0, 0.05) is 5.56 Å². The van der Waals surface area contributed by atoms with Gasteiger partial charge in [-0.3, -0.25) is 5.10 Å². The molecule has 0 saturated carbocycles. The number of rotatable bonds is 6. The molecule has 0 amide bonds. The van der Waals surface area contributed by atoms with Crippen molar-refractivity contribution in [3.63, 3.8) is 0 Å². The summed E-state index contributed by atoms with van der Waals surface area (Å²) in [7, 11) is 1.64. The van der Waals surface area contributed by atoms with Crippen LogP contribution in [0.15, 0.2) is 51.5 Å². The van der Waals surface area contributed by atoms with Crippen molar-refractivity contribution in [3.8, 4) is 27.8 Å². The maximum Gasteiger partial charge on any atom is 0.240 e. The summed E-state index contributed by atoms with van der Waals surface area (Å²) in [6.07, 6.45) is 0. The number of hydrogen-bond donors (Lipinski definition) is 1. The Bertz CT molecular complexity index is 979. The van der Waals surface area contributed by atoms with E-state index in [-0.39, 0.29) is 5.25 Å². The monoisotopic (exact) mass is 385 g/mol. The lowest BCUT2D eigenvalue weighted by molar-refractivity contribution is 0.381. The zero-order chi connectivity index (χ0) is 17.9. The molecule has 1 N–H and O–H groups in total. The fourth-order valence-corrected chi connectivity index (χ4v) is 3.70. The van der Waals surface area contributed by atoms with Crippen LogP contribution in [0.2, 0.25) is 0 Å². The van der Waals surface area contributed by atoms with Crippen LogP contribution in [0.25, 0.3) is 22.1 Å². The van der Waals surface area contributed by atoms with E-state index in [4.69, 9.17) is 9.26 Å². The topological polar surface area (TPSA) is 89.7 Å². The van der Waals surface area contributed by atoms with Crippen molar-refractivity contribution < 1.29 is 9.26 Å². The highest BCUT2D eigenvalue weighted by Gasteiger charge is 2.19. The number of hydrogen-bond acceptors (Lipinski definition) is 8. The van der Waals surface area contributed by atoms with Crippen LogP contribution in [0.5, 0.6) is 5.75 Å². The molecule has 7 nitrogen and oxygen atoms in total. The first-order valence-electron chi connectivity index (χ1n) is 7.84. The number of nitrogens with zero attached hydrogens (tertiary/aromatic N) is 4. The second-order valence-corrected chi connectivity index (χ2v) is 7.64. The number of ether oxygens (including phenoxy) is 1. The lowest BCUT2D eigenvalue weighted by atomic mass is 10.2. The third-order valence-electron chi connectivity index (χ3n) is 3.64. The number of nitrogens with one attached hydrogen (secondary N) is 1. The van der Waals surface area contributed by atoms with Crippen molar-refractivity contribution in [1.82, 2.24) is 25.3 Å². The third-order valence-corrected chi connectivity index (χ3v) is 5.46. The summed E-state index contributed by atoms with van der Waals surface area (Å²) in [5, 5.41) is 13.8. The number of methoxy groups -OCH3 is 1. The van der Waals surface area contributed by atoms with Gasteiger partial charge >= 0.3 is 0 Å². The Morgan fingerprint density at radius 1 is 1.19 bits per heavy atom. The molecule has 1 aromatic carbocycles. The molecule has 0 radical (unpaired) electrons. The van der Waals surface area contributed by atoms with Crippen LogP contribution >= 0.6 is 23.1 Å². The summed E-state index contributed by atoms with van der Waals surface area (Å²) < 4.78 is 10.6. The van der Waals surface area contributed by atoms with E-state index in [1.165, 1.54) is 11.8 Å². The number of benzene rings is 1. The molecule has 26 heavy (non-hydrogen) atoms. The molecule has 0 bridgehead atoms. The van der Waals surface area contributed by atoms with Gasteiger partial charge in [-0.25, -0.2) is 4.98 Å². The van der Waals surface area contributed by atoms with E-state index in [9.17, 15) is 0 Å². The first kappa shape index (κ1) is 16.8. The normalized spacial score (nSPS) is 12.2. The quantitative estimate of drug-likeness (QED) is 0.491. The maximum atomic E-state index is 5.38. The van der Waals surface area contributed by atoms with Crippen LogP contribution in [0.3, 0.4) is 0 Å². The van der Waals surface area contributed by atoms with Crippen LogP contribution in [0.1, 0.15) is 18.1 Å². The van der Waals surface area contributed by atoms with Crippen molar-refractivity contribution in [2.24, 2.45) is 0 Å². The average molecular weight is 385 g/mol. The minimum Gasteiger partial charge on any atom is -0.497 e. The van der Waals surface area contributed by atoms with E-state index >= 15 is 0 Å². The van der Waals surface area contributed by atoms with E-state index in [0.29, 0.717) is 22.7 Å². The van der Waals surface area contributed by atoms with E-state index < -0.39 is 0 Å². The van der Waals surface area contributed by atoms with Gasteiger partial charge in [0.05, 0.1) is 17.2 Å². The highest BCUT2D eigenvalue weighted by molar-refractivity contribution is 7.99. The molecule has 3 aromatic heterocycles. The van der Waals surface area contributed by atoms with Gasteiger partial charge < -0.3 is 9.26 Å². The summed E-state index contributed by atoms with van der Waals surface area (Å²) in [6, 6.07) is 11.6. The summed E-state index contributed by atoms with van der Waals surface area (Å²) in [6.45, 7) is 1.99. The average Bonchev–Trinajstić information content (AvgIpc) is 3.41. The SMILES string of the molecule is COc1ccc(-c2nc(SC(C)c3nc(-c4cccs4)no3)n[nH]2)cc1. The van der Waals surface area contributed by atoms with Crippen LogP contribution in [-0.4, -0.2) is 32.4 Å². The Balaban J connectivity index is 1.46. The molecule has 0 aliphatic heterocycles. The van der Waals surface area contributed by atoms with Gasteiger partial charge in [0.25, 0.3) is 0 Å². The lowest BCUT2D eigenvalue weighted by Crippen LogP contribution is -1.90. The first-order valence-corrected chi connectivity index (χ1v) is 9.60. The molecule has 0 aliphatic carbocycles. The highest BCUT2D eigenvalue weighted by Crippen LogP contribution is 2.34. The second-order valence-electron chi connectivity index (χ2n) is 5.39. The fourth-order valence-electron chi connectivity index (χ4n) is 2.29. The molecule has 0 aliphatic rings. The van der Waals surface area contributed by atoms with Crippen molar-refractivity contribution >= 4 is 23.1 Å². The fraction of sp³-hybridized carbons (Fsp3) is 0.176. The van der Waals surface area contributed by atoms with Crippen molar-refractivity contribution in [1.29, 1.82) is 0 Å².